The van der Waals surface area contributed by atoms with E-state index >= 15 is 0 Å². The maximum absolute atomic E-state index is 2.00. The van der Waals surface area contributed by atoms with Gasteiger partial charge in [-0.05, 0) is 0 Å². The van der Waals surface area contributed by atoms with Gasteiger partial charge in [-0.2, -0.15) is 0 Å². The summed E-state index contributed by atoms with van der Waals surface area (Å²) in [6, 6.07) is 0. The first-order chi connectivity index (χ1) is 3.00. The smallest absolute Gasteiger partial charge is 0 e. The molecule has 7 heavy (non-hydrogen) atoms. The van der Waals surface area contributed by atoms with Crippen molar-refractivity contribution in [1.82, 2.24) is 0 Å². The molecule has 47 valence electrons. The third kappa shape index (κ3) is 405. The van der Waals surface area contributed by atoms with Crippen LogP contribution in [0, 0.1) is 0 Å². The molecule has 1 radical (unpaired) electrons. The fourth-order valence-electron chi connectivity index (χ4n) is 0. The zero-order chi connectivity index (χ0) is 6.00. The standard InChI is InChI=1S/3C2H6.V/c3*1-2;/h3*1-2H3;. The van der Waals surface area contributed by atoms with Gasteiger partial charge in [-0.15, -0.1) is 0 Å². The first kappa shape index (κ1) is 25.6. The topological polar surface area (TPSA) is 0 Å². The quantitative estimate of drug-likeness (QED) is 0.486. The van der Waals surface area contributed by atoms with Crippen LogP contribution in [0.4, 0.5) is 0 Å². The van der Waals surface area contributed by atoms with Crippen LogP contribution >= 0.6 is 0 Å². The van der Waals surface area contributed by atoms with Gasteiger partial charge in [-0.1, -0.05) is 41.5 Å². The molecular weight excluding hydrogens is 123 g/mol. The van der Waals surface area contributed by atoms with E-state index in [1.54, 1.807) is 0 Å². The minimum Gasteiger partial charge on any atom is -0.0683 e. The van der Waals surface area contributed by atoms with Crippen LogP contribution in [0.2, 0.25) is 0 Å². The molecule has 0 heterocycles. The molecule has 0 saturated heterocycles. The predicted molar refractivity (Wildman–Crippen MR) is 34.0 cm³/mol. The summed E-state index contributed by atoms with van der Waals surface area (Å²) in [4.78, 5) is 0. The minimum atomic E-state index is 0. The van der Waals surface area contributed by atoms with E-state index in [0.717, 1.165) is 0 Å². The van der Waals surface area contributed by atoms with Crippen molar-refractivity contribution in [3.05, 3.63) is 0 Å². The average molecular weight is 141 g/mol. The second-order valence-corrected chi connectivity index (χ2v) is 0. The van der Waals surface area contributed by atoms with Crippen molar-refractivity contribution in [3.8, 4) is 0 Å². The summed E-state index contributed by atoms with van der Waals surface area (Å²) >= 11 is 0. The molecule has 0 saturated carbocycles. The first-order valence-corrected chi connectivity index (χ1v) is 3.00. The Bertz CT molecular complexity index is 4.14. The van der Waals surface area contributed by atoms with Crippen molar-refractivity contribution >= 4 is 0 Å². The zero-order valence-corrected chi connectivity index (χ0v) is 7.84. The molecule has 0 atom stereocenters. The fourth-order valence-corrected chi connectivity index (χ4v) is 0. The summed E-state index contributed by atoms with van der Waals surface area (Å²) in [7, 11) is 0. The summed E-state index contributed by atoms with van der Waals surface area (Å²) in [5.74, 6) is 0. The molecule has 0 aromatic heterocycles. The van der Waals surface area contributed by atoms with Crippen molar-refractivity contribution in [1.29, 1.82) is 0 Å². The van der Waals surface area contributed by atoms with Crippen LogP contribution in [0.15, 0.2) is 0 Å². The number of rotatable bonds is 0. The maximum Gasteiger partial charge on any atom is 0 e. The van der Waals surface area contributed by atoms with E-state index in [0.29, 0.717) is 0 Å². The Hall–Kier alpha value is 0.584. The Morgan fingerprint density at radius 1 is 0.429 bits per heavy atom. The van der Waals surface area contributed by atoms with Gasteiger partial charge in [0, 0.05) is 18.6 Å². The van der Waals surface area contributed by atoms with Gasteiger partial charge in [0.05, 0.1) is 0 Å². The molecule has 1 heteroatoms. The van der Waals surface area contributed by atoms with Gasteiger partial charge >= 0.3 is 0 Å². The van der Waals surface area contributed by atoms with E-state index in [9.17, 15) is 0 Å². The van der Waals surface area contributed by atoms with E-state index in [1.165, 1.54) is 0 Å². The summed E-state index contributed by atoms with van der Waals surface area (Å²) in [5, 5.41) is 0. The van der Waals surface area contributed by atoms with Crippen LogP contribution in [0.1, 0.15) is 41.5 Å². The van der Waals surface area contributed by atoms with Crippen LogP contribution < -0.4 is 0 Å². The third-order valence-electron chi connectivity index (χ3n) is 0. The van der Waals surface area contributed by atoms with Crippen molar-refractivity contribution in [2.45, 2.75) is 41.5 Å². The summed E-state index contributed by atoms with van der Waals surface area (Å²) in [6.45, 7) is 12.0. The summed E-state index contributed by atoms with van der Waals surface area (Å²) < 4.78 is 0. The molecule has 0 aromatic rings. The number of hydrogen-bond acceptors (Lipinski definition) is 0. The average Bonchev–Trinajstić information content (AvgIpc) is 1.81. The van der Waals surface area contributed by atoms with Crippen LogP contribution in [-0.4, -0.2) is 0 Å². The maximum atomic E-state index is 2.00. The van der Waals surface area contributed by atoms with E-state index in [4.69, 9.17) is 0 Å². The molecule has 0 aliphatic carbocycles. The van der Waals surface area contributed by atoms with Gasteiger partial charge in [0.25, 0.3) is 0 Å². The molecule has 0 N–H and O–H groups in total. The third-order valence-corrected chi connectivity index (χ3v) is 0. The predicted octanol–water partition coefficient (Wildman–Crippen LogP) is 3.08. The second kappa shape index (κ2) is 601. The van der Waals surface area contributed by atoms with E-state index in [2.05, 4.69) is 0 Å². The van der Waals surface area contributed by atoms with Crippen LogP contribution in [0.5, 0.6) is 0 Å². The Kier molecular flexibility index (Phi) is 2200. The Morgan fingerprint density at radius 2 is 0.429 bits per heavy atom. The summed E-state index contributed by atoms with van der Waals surface area (Å²) in [5.41, 5.74) is 0. The molecule has 0 nitrogen and oxygen atoms in total. The minimum absolute atomic E-state index is 0. The van der Waals surface area contributed by atoms with E-state index in [1.807, 2.05) is 41.5 Å². The van der Waals surface area contributed by atoms with Gasteiger partial charge in [-0.25, -0.2) is 0 Å². The molecule has 0 rings (SSSR count). The van der Waals surface area contributed by atoms with Gasteiger partial charge in [0.1, 0.15) is 0 Å². The van der Waals surface area contributed by atoms with Gasteiger partial charge in [0.2, 0.25) is 0 Å². The normalized spacial score (nSPS) is 2.57. The van der Waals surface area contributed by atoms with E-state index < -0.39 is 0 Å². The Labute approximate surface area is 60.6 Å². The van der Waals surface area contributed by atoms with Gasteiger partial charge in [0.15, 0.2) is 0 Å². The number of hydrogen-bond donors (Lipinski definition) is 0. The van der Waals surface area contributed by atoms with Crippen molar-refractivity contribution in [3.63, 3.8) is 0 Å². The molecule has 0 bridgehead atoms. The molecule has 0 aliphatic heterocycles. The van der Waals surface area contributed by atoms with Gasteiger partial charge < -0.3 is 0 Å². The second-order valence-electron chi connectivity index (χ2n) is 0. The molecule has 0 amide bonds. The largest absolute Gasteiger partial charge is 0.0683 e. The van der Waals surface area contributed by atoms with Crippen LogP contribution in [0.25, 0.3) is 0 Å². The molecular formula is C6H18V. The summed E-state index contributed by atoms with van der Waals surface area (Å²) in [6.07, 6.45) is 0. The molecule has 0 aliphatic rings. The molecule has 0 aromatic carbocycles. The fraction of sp³-hybridized carbons (Fsp3) is 1.00. The Balaban J connectivity index is -0.00000000900. The monoisotopic (exact) mass is 141 g/mol. The van der Waals surface area contributed by atoms with E-state index in [-0.39, 0.29) is 18.6 Å². The van der Waals surface area contributed by atoms with Gasteiger partial charge in [-0.3, -0.25) is 0 Å². The van der Waals surface area contributed by atoms with Crippen molar-refractivity contribution in [2.24, 2.45) is 0 Å². The zero-order valence-electron chi connectivity index (χ0n) is 6.45. The molecule has 0 unspecified atom stereocenters. The Morgan fingerprint density at radius 3 is 0.429 bits per heavy atom. The van der Waals surface area contributed by atoms with Crippen LogP contribution in [-0.2, 0) is 18.6 Å². The van der Waals surface area contributed by atoms with Crippen LogP contribution in [0.3, 0.4) is 0 Å². The first-order valence-electron chi connectivity index (χ1n) is 3.00. The van der Waals surface area contributed by atoms with Crippen molar-refractivity contribution in [2.75, 3.05) is 0 Å². The van der Waals surface area contributed by atoms with Crippen molar-refractivity contribution < 1.29 is 18.6 Å². The molecule has 0 spiro atoms. The molecule has 0 fully saturated rings. The SMILES string of the molecule is CC.CC.CC.[V].